The first-order valence-electron chi connectivity index (χ1n) is 6.78. The molecule has 2 heterocycles. The van der Waals surface area contributed by atoms with Crippen molar-refractivity contribution in [3.05, 3.63) is 18.2 Å². The molecule has 19 heavy (non-hydrogen) atoms. The minimum atomic E-state index is 0.181. The summed E-state index contributed by atoms with van der Waals surface area (Å²) in [7, 11) is 0. The molecule has 0 saturated carbocycles. The SMILES string of the molecule is OCCCn1nnc2cc(N3CCNCC3)ccc21. The molecule has 3 rings (SSSR count). The van der Waals surface area contributed by atoms with E-state index in [1.54, 1.807) is 0 Å². The van der Waals surface area contributed by atoms with E-state index in [2.05, 4.69) is 38.7 Å². The largest absolute Gasteiger partial charge is 0.396 e. The first kappa shape index (κ1) is 12.4. The van der Waals surface area contributed by atoms with Gasteiger partial charge in [-0.25, -0.2) is 4.68 Å². The highest BCUT2D eigenvalue weighted by atomic mass is 16.3. The lowest BCUT2D eigenvalue weighted by Crippen LogP contribution is -2.43. The maximum Gasteiger partial charge on any atom is 0.115 e. The van der Waals surface area contributed by atoms with Crippen LogP contribution in [0.5, 0.6) is 0 Å². The van der Waals surface area contributed by atoms with E-state index in [1.807, 2.05) is 4.68 Å². The van der Waals surface area contributed by atoms with Crippen LogP contribution >= 0.6 is 0 Å². The highest BCUT2D eigenvalue weighted by Gasteiger charge is 2.12. The van der Waals surface area contributed by atoms with E-state index >= 15 is 0 Å². The van der Waals surface area contributed by atoms with Gasteiger partial charge in [0.25, 0.3) is 0 Å². The van der Waals surface area contributed by atoms with Gasteiger partial charge in [-0.2, -0.15) is 0 Å². The van der Waals surface area contributed by atoms with Gasteiger partial charge >= 0.3 is 0 Å². The maximum atomic E-state index is 8.88. The minimum absolute atomic E-state index is 0.181. The Morgan fingerprint density at radius 1 is 1.26 bits per heavy atom. The molecule has 1 aromatic carbocycles. The van der Waals surface area contributed by atoms with Crippen molar-refractivity contribution in [3.8, 4) is 0 Å². The van der Waals surface area contributed by atoms with Gasteiger partial charge in [0.1, 0.15) is 5.52 Å². The number of aliphatic hydroxyl groups excluding tert-OH is 1. The summed E-state index contributed by atoms with van der Waals surface area (Å²) in [6, 6.07) is 6.31. The third-order valence-corrected chi connectivity index (χ3v) is 3.51. The average molecular weight is 261 g/mol. The number of nitrogens with zero attached hydrogens (tertiary/aromatic N) is 4. The Kier molecular flexibility index (Phi) is 3.61. The monoisotopic (exact) mass is 261 g/mol. The van der Waals surface area contributed by atoms with Crippen LogP contribution in [0, 0.1) is 0 Å². The van der Waals surface area contributed by atoms with Gasteiger partial charge in [-0.1, -0.05) is 5.21 Å². The van der Waals surface area contributed by atoms with Crippen LogP contribution in [0.25, 0.3) is 11.0 Å². The van der Waals surface area contributed by atoms with Gasteiger partial charge in [-0.3, -0.25) is 0 Å². The number of hydrogen-bond acceptors (Lipinski definition) is 5. The molecule has 0 atom stereocenters. The molecule has 0 unspecified atom stereocenters. The van der Waals surface area contributed by atoms with Crippen molar-refractivity contribution in [2.24, 2.45) is 0 Å². The number of aliphatic hydroxyl groups is 1. The van der Waals surface area contributed by atoms with Crippen LogP contribution in [0.3, 0.4) is 0 Å². The van der Waals surface area contributed by atoms with Gasteiger partial charge in [0.15, 0.2) is 0 Å². The number of rotatable bonds is 4. The summed E-state index contributed by atoms with van der Waals surface area (Å²) in [6.45, 7) is 5.01. The Labute approximate surface area is 112 Å². The number of piperazine rings is 1. The third-order valence-electron chi connectivity index (χ3n) is 3.51. The summed E-state index contributed by atoms with van der Waals surface area (Å²) < 4.78 is 1.85. The van der Waals surface area contributed by atoms with Gasteiger partial charge in [-0.15, -0.1) is 5.10 Å². The second-order valence-corrected chi connectivity index (χ2v) is 4.80. The number of aromatic nitrogens is 3. The highest BCUT2D eigenvalue weighted by Crippen LogP contribution is 2.21. The van der Waals surface area contributed by atoms with Crippen LogP contribution in [-0.2, 0) is 6.54 Å². The standard InChI is InChI=1S/C13H19N5O/c19-9-1-6-18-13-3-2-11(10-12(13)15-16-18)17-7-4-14-5-8-17/h2-3,10,14,19H,1,4-9H2. The molecule has 102 valence electrons. The van der Waals surface area contributed by atoms with E-state index in [0.29, 0.717) is 13.0 Å². The molecular formula is C13H19N5O. The van der Waals surface area contributed by atoms with Crippen LogP contribution in [0.2, 0.25) is 0 Å². The molecule has 2 N–H and O–H groups in total. The fraction of sp³-hybridized carbons (Fsp3) is 0.538. The molecule has 0 bridgehead atoms. The molecule has 0 radical (unpaired) electrons. The molecule has 1 aliphatic rings. The normalized spacial score (nSPS) is 16.2. The fourth-order valence-electron chi connectivity index (χ4n) is 2.47. The van der Waals surface area contributed by atoms with Crippen LogP contribution in [-0.4, -0.2) is 52.9 Å². The molecule has 6 nitrogen and oxygen atoms in total. The van der Waals surface area contributed by atoms with Gasteiger partial charge in [0, 0.05) is 45.0 Å². The molecular weight excluding hydrogens is 242 g/mol. The second kappa shape index (κ2) is 5.54. The Bertz CT molecular complexity index is 547. The summed E-state index contributed by atoms with van der Waals surface area (Å²) >= 11 is 0. The lowest BCUT2D eigenvalue weighted by atomic mass is 10.2. The zero-order chi connectivity index (χ0) is 13.1. The smallest absolute Gasteiger partial charge is 0.115 e. The molecule has 1 aliphatic heterocycles. The lowest BCUT2D eigenvalue weighted by molar-refractivity contribution is 0.277. The number of fused-ring (bicyclic) bond motifs is 1. The quantitative estimate of drug-likeness (QED) is 0.824. The molecule has 2 aromatic rings. The summed E-state index contributed by atoms with van der Waals surface area (Å²) in [5.41, 5.74) is 3.17. The maximum absolute atomic E-state index is 8.88. The summed E-state index contributed by atoms with van der Waals surface area (Å²) in [5, 5.41) is 20.6. The number of hydrogen-bond donors (Lipinski definition) is 2. The van der Waals surface area contributed by atoms with Gasteiger partial charge in [0.05, 0.1) is 5.52 Å². The summed E-state index contributed by atoms with van der Waals surface area (Å²) in [6.07, 6.45) is 0.706. The topological polar surface area (TPSA) is 66.2 Å². The van der Waals surface area contributed by atoms with E-state index in [9.17, 15) is 0 Å². The molecule has 1 fully saturated rings. The second-order valence-electron chi connectivity index (χ2n) is 4.80. The van der Waals surface area contributed by atoms with Gasteiger partial charge in [-0.05, 0) is 24.6 Å². The zero-order valence-electron chi connectivity index (χ0n) is 10.9. The predicted octanol–water partition coefficient (Wildman–Crippen LogP) is 0.223. The van der Waals surface area contributed by atoms with Crippen molar-refractivity contribution in [1.82, 2.24) is 20.3 Å². The van der Waals surface area contributed by atoms with E-state index < -0.39 is 0 Å². The molecule has 0 aliphatic carbocycles. The van der Waals surface area contributed by atoms with Crippen molar-refractivity contribution in [2.45, 2.75) is 13.0 Å². The fourth-order valence-corrected chi connectivity index (χ4v) is 2.47. The van der Waals surface area contributed by atoms with Crippen molar-refractivity contribution >= 4 is 16.7 Å². The summed E-state index contributed by atoms with van der Waals surface area (Å²) in [5.74, 6) is 0. The van der Waals surface area contributed by atoms with Crippen LogP contribution in [0.15, 0.2) is 18.2 Å². The number of aryl methyl sites for hydroxylation is 1. The Balaban J connectivity index is 1.85. The third kappa shape index (κ3) is 2.54. The first-order valence-corrected chi connectivity index (χ1v) is 6.78. The van der Waals surface area contributed by atoms with E-state index in [4.69, 9.17) is 5.11 Å². The number of anilines is 1. The Morgan fingerprint density at radius 3 is 2.89 bits per heavy atom. The van der Waals surface area contributed by atoms with Crippen LogP contribution < -0.4 is 10.2 Å². The van der Waals surface area contributed by atoms with Crippen molar-refractivity contribution in [3.63, 3.8) is 0 Å². The minimum Gasteiger partial charge on any atom is -0.396 e. The van der Waals surface area contributed by atoms with Crippen LogP contribution in [0.1, 0.15) is 6.42 Å². The van der Waals surface area contributed by atoms with Crippen molar-refractivity contribution in [2.75, 3.05) is 37.7 Å². The van der Waals surface area contributed by atoms with E-state index in [-0.39, 0.29) is 6.61 Å². The predicted molar refractivity (Wildman–Crippen MR) is 74.3 cm³/mol. The zero-order valence-corrected chi connectivity index (χ0v) is 10.9. The molecule has 0 amide bonds. The molecule has 1 saturated heterocycles. The summed E-state index contributed by atoms with van der Waals surface area (Å²) in [4.78, 5) is 2.36. The molecule has 1 aromatic heterocycles. The lowest BCUT2D eigenvalue weighted by Gasteiger charge is -2.29. The van der Waals surface area contributed by atoms with E-state index in [0.717, 1.165) is 37.2 Å². The van der Waals surface area contributed by atoms with Crippen molar-refractivity contribution < 1.29 is 5.11 Å². The molecule has 6 heteroatoms. The molecule has 0 spiro atoms. The Hall–Kier alpha value is -1.66. The Morgan fingerprint density at radius 2 is 2.11 bits per heavy atom. The highest BCUT2D eigenvalue weighted by molar-refractivity contribution is 5.79. The van der Waals surface area contributed by atoms with Gasteiger partial charge < -0.3 is 15.3 Å². The number of benzene rings is 1. The average Bonchev–Trinajstić information content (AvgIpc) is 2.88. The van der Waals surface area contributed by atoms with Crippen molar-refractivity contribution in [1.29, 1.82) is 0 Å². The van der Waals surface area contributed by atoms with E-state index in [1.165, 1.54) is 5.69 Å². The van der Waals surface area contributed by atoms with Crippen LogP contribution in [0.4, 0.5) is 5.69 Å². The first-order chi connectivity index (χ1) is 9.38. The number of nitrogens with one attached hydrogen (secondary N) is 1. The van der Waals surface area contributed by atoms with Gasteiger partial charge in [0.2, 0.25) is 0 Å².